The average molecular weight is 377 g/mol. The molecule has 1 aromatic rings. The van der Waals surface area contributed by atoms with E-state index in [4.69, 9.17) is 21.4 Å². The molecule has 0 saturated carbocycles. The minimum atomic E-state index is -0.548. The predicted octanol–water partition coefficient (Wildman–Crippen LogP) is 3.10. The first-order chi connectivity index (χ1) is 10.0. The van der Waals surface area contributed by atoms with Crippen LogP contribution < -0.4 is 4.74 Å². The number of carbonyl (C=O) groups is 1. The van der Waals surface area contributed by atoms with Crippen molar-refractivity contribution in [3.8, 4) is 5.75 Å². The Morgan fingerprint density at radius 3 is 2.76 bits per heavy atom. The molecule has 1 unspecified atom stereocenters. The molecule has 1 amide bonds. The number of amides is 1. The molecule has 2 rings (SSSR count). The summed E-state index contributed by atoms with van der Waals surface area (Å²) in [4.78, 5) is 14.2. The van der Waals surface area contributed by atoms with Crippen LogP contribution in [0.1, 0.15) is 19.8 Å². The van der Waals surface area contributed by atoms with E-state index < -0.39 is 6.10 Å². The summed E-state index contributed by atoms with van der Waals surface area (Å²) in [5, 5.41) is 9.74. The van der Waals surface area contributed by atoms with Gasteiger partial charge in [-0.05, 0) is 59.8 Å². The molecule has 1 heterocycles. The van der Waals surface area contributed by atoms with Gasteiger partial charge < -0.3 is 14.7 Å². The van der Waals surface area contributed by atoms with E-state index in [-0.39, 0.29) is 12.5 Å². The van der Waals surface area contributed by atoms with Gasteiger partial charge in [0.2, 0.25) is 0 Å². The molecule has 4 nitrogen and oxygen atoms in total. The molecular weight excluding hydrogens is 358 g/mol. The minimum absolute atomic E-state index is 0.0201. The molecule has 21 heavy (non-hydrogen) atoms. The van der Waals surface area contributed by atoms with Crippen LogP contribution >= 0.6 is 27.5 Å². The molecule has 0 aliphatic carbocycles. The Balaban J connectivity index is 1.93. The van der Waals surface area contributed by atoms with Gasteiger partial charge >= 0.3 is 0 Å². The van der Waals surface area contributed by atoms with E-state index in [0.717, 1.165) is 17.3 Å². The summed E-state index contributed by atoms with van der Waals surface area (Å²) in [6, 6.07) is 5.21. The van der Waals surface area contributed by atoms with Gasteiger partial charge in [-0.2, -0.15) is 0 Å². The Hall–Kier alpha value is -0.780. The normalized spacial score (nSPS) is 17.6. The second kappa shape index (κ2) is 7.47. The van der Waals surface area contributed by atoms with Crippen molar-refractivity contribution >= 4 is 33.4 Å². The van der Waals surface area contributed by atoms with Crippen molar-refractivity contribution in [3.63, 3.8) is 0 Å². The Bertz CT molecular complexity index is 504. The van der Waals surface area contributed by atoms with Crippen LogP contribution in [0.25, 0.3) is 0 Å². The lowest BCUT2D eigenvalue weighted by Gasteiger charge is -2.32. The first kappa shape index (κ1) is 16.6. The van der Waals surface area contributed by atoms with Crippen LogP contribution in [0.5, 0.6) is 5.75 Å². The number of halogens is 2. The summed E-state index contributed by atoms with van der Waals surface area (Å²) in [7, 11) is 0. The highest BCUT2D eigenvalue weighted by molar-refractivity contribution is 9.10. The summed E-state index contributed by atoms with van der Waals surface area (Å²) in [6.45, 7) is 3.31. The number of rotatable bonds is 4. The lowest BCUT2D eigenvalue weighted by atomic mass is 9.97. The van der Waals surface area contributed by atoms with Crippen LogP contribution in [0.3, 0.4) is 0 Å². The van der Waals surface area contributed by atoms with Gasteiger partial charge in [0.25, 0.3) is 5.91 Å². The molecule has 0 radical (unpaired) electrons. The first-order valence-electron chi connectivity index (χ1n) is 7.02. The maximum atomic E-state index is 12.4. The fraction of sp³-hybridized carbons (Fsp3) is 0.533. The second-order valence-corrected chi connectivity index (χ2v) is 6.58. The van der Waals surface area contributed by atoms with E-state index in [1.165, 1.54) is 0 Å². The van der Waals surface area contributed by atoms with Crippen molar-refractivity contribution in [3.05, 3.63) is 27.7 Å². The molecule has 116 valence electrons. The Labute approximate surface area is 138 Å². The van der Waals surface area contributed by atoms with Crippen molar-refractivity contribution < 1.29 is 14.6 Å². The summed E-state index contributed by atoms with van der Waals surface area (Å²) in [5.41, 5.74) is 0. The highest BCUT2D eigenvalue weighted by Gasteiger charge is 2.27. The van der Waals surface area contributed by atoms with Gasteiger partial charge in [-0.1, -0.05) is 11.6 Å². The molecule has 1 aliphatic rings. The molecule has 0 bridgehead atoms. The highest BCUT2D eigenvalue weighted by atomic mass is 79.9. The predicted molar refractivity (Wildman–Crippen MR) is 85.6 cm³/mol. The van der Waals surface area contributed by atoms with Crippen molar-refractivity contribution in [2.75, 3.05) is 19.7 Å². The molecule has 1 aliphatic heterocycles. The van der Waals surface area contributed by atoms with Gasteiger partial charge in [0.05, 0.1) is 4.47 Å². The third kappa shape index (κ3) is 4.34. The summed E-state index contributed by atoms with van der Waals surface area (Å²) in [6.07, 6.45) is 1.15. The van der Waals surface area contributed by atoms with Gasteiger partial charge in [0, 0.05) is 24.7 Å². The number of hydrogen-bond donors (Lipinski definition) is 1. The second-order valence-electron chi connectivity index (χ2n) is 5.29. The summed E-state index contributed by atoms with van der Waals surface area (Å²) >= 11 is 9.26. The van der Waals surface area contributed by atoms with Crippen molar-refractivity contribution in [2.24, 2.45) is 5.92 Å². The van der Waals surface area contributed by atoms with Crippen LogP contribution in [0, 0.1) is 5.92 Å². The topological polar surface area (TPSA) is 49.8 Å². The molecule has 0 spiro atoms. The van der Waals surface area contributed by atoms with Gasteiger partial charge in [0.15, 0.2) is 6.10 Å². The van der Waals surface area contributed by atoms with Crippen LogP contribution in [0.15, 0.2) is 22.7 Å². The minimum Gasteiger partial charge on any atom is -0.480 e. The Morgan fingerprint density at radius 1 is 1.52 bits per heavy atom. The largest absolute Gasteiger partial charge is 0.480 e. The molecule has 1 fully saturated rings. The van der Waals surface area contributed by atoms with Crippen LogP contribution in [0.2, 0.25) is 5.02 Å². The number of likely N-dealkylation sites (tertiary alicyclic amines) is 1. The SMILES string of the molecule is CC(Oc1ccc(Cl)cc1Br)C(=O)N1CCC(CO)CC1. The Morgan fingerprint density at radius 2 is 2.19 bits per heavy atom. The molecule has 6 heteroatoms. The zero-order chi connectivity index (χ0) is 15.4. The number of nitrogens with zero attached hydrogens (tertiary/aromatic N) is 1. The maximum absolute atomic E-state index is 12.4. The summed E-state index contributed by atoms with van der Waals surface area (Å²) in [5.74, 6) is 0.898. The van der Waals surface area contributed by atoms with Crippen LogP contribution in [0.4, 0.5) is 0 Å². The molecule has 1 N–H and O–H groups in total. The number of benzene rings is 1. The average Bonchev–Trinajstić information content (AvgIpc) is 2.49. The van der Waals surface area contributed by atoms with Crippen LogP contribution in [-0.2, 0) is 4.79 Å². The van der Waals surface area contributed by atoms with E-state index in [2.05, 4.69) is 15.9 Å². The number of carbonyl (C=O) groups excluding carboxylic acids is 1. The molecule has 1 aromatic carbocycles. The third-order valence-electron chi connectivity index (χ3n) is 3.73. The fourth-order valence-corrected chi connectivity index (χ4v) is 3.18. The van der Waals surface area contributed by atoms with Gasteiger partial charge in [0.1, 0.15) is 5.75 Å². The smallest absolute Gasteiger partial charge is 0.263 e. The lowest BCUT2D eigenvalue weighted by Crippen LogP contribution is -2.45. The molecular formula is C15H19BrClNO3. The standard InChI is InChI=1S/C15H19BrClNO3/c1-10(21-14-3-2-12(17)8-13(14)16)15(20)18-6-4-11(9-19)5-7-18/h2-3,8,10-11,19H,4-7,9H2,1H3. The monoisotopic (exact) mass is 375 g/mol. The van der Waals surface area contributed by atoms with E-state index >= 15 is 0 Å². The highest BCUT2D eigenvalue weighted by Crippen LogP contribution is 2.29. The number of aliphatic hydroxyl groups is 1. The molecule has 1 atom stereocenters. The van der Waals surface area contributed by atoms with Crippen molar-refractivity contribution in [1.29, 1.82) is 0 Å². The van der Waals surface area contributed by atoms with Crippen molar-refractivity contribution in [2.45, 2.75) is 25.9 Å². The zero-order valence-corrected chi connectivity index (χ0v) is 14.2. The maximum Gasteiger partial charge on any atom is 0.263 e. The number of aliphatic hydroxyl groups excluding tert-OH is 1. The van der Waals surface area contributed by atoms with E-state index in [1.54, 1.807) is 30.0 Å². The molecule has 0 aromatic heterocycles. The number of hydrogen-bond acceptors (Lipinski definition) is 3. The van der Waals surface area contributed by atoms with Gasteiger partial charge in [-0.25, -0.2) is 0 Å². The zero-order valence-electron chi connectivity index (χ0n) is 11.9. The van der Waals surface area contributed by atoms with Crippen molar-refractivity contribution in [1.82, 2.24) is 4.90 Å². The van der Waals surface area contributed by atoms with E-state index in [1.807, 2.05) is 0 Å². The van der Waals surface area contributed by atoms with Crippen LogP contribution in [-0.4, -0.2) is 41.7 Å². The third-order valence-corrected chi connectivity index (χ3v) is 4.58. The van der Waals surface area contributed by atoms with Gasteiger partial charge in [-0.15, -0.1) is 0 Å². The lowest BCUT2D eigenvalue weighted by molar-refractivity contribution is -0.139. The molecule has 1 saturated heterocycles. The summed E-state index contributed by atoms with van der Waals surface area (Å²) < 4.78 is 6.45. The van der Waals surface area contributed by atoms with E-state index in [9.17, 15) is 4.79 Å². The number of piperidine rings is 1. The first-order valence-corrected chi connectivity index (χ1v) is 8.19. The van der Waals surface area contributed by atoms with E-state index in [0.29, 0.717) is 29.8 Å². The fourth-order valence-electron chi connectivity index (χ4n) is 2.40. The quantitative estimate of drug-likeness (QED) is 0.878. The van der Waals surface area contributed by atoms with Gasteiger partial charge in [-0.3, -0.25) is 4.79 Å². The Kier molecular flexibility index (Phi) is 5.90. The number of ether oxygens (including phenoxy) is 1.